The maximum atomic E-state index is 14.4. The Labute approximate surface area is 255 Å². The first kappa shape index (κ1) is 31.5. The molecule has 1 atom stereocenters. The first-order valence-electron chi connectivity index (χ1n) is 14.3. The van der Waals surface area contributed by atoms with Crippen molar-refractivity contribution >= 4 is 27.5 Å². The molecule has 0 heterocycles. The minimum atomic E-state index is -4.14. The molecule has 4 aromatic rings. The average molecular weight is 598 g/mol. The number of carbonyl (C=O) groups is 2. The summed E-state index contributed by atoms with van der Waals surface area (Å²) >= 11 is 0. The fourth-order valence-corrected chi connectivity index (χ4v) is 6.59. The zero-order chi connectivity index (χ0) is 31.1. The fourth-order valence-electron chi connectivity index (χ4n) is 5.19. The fraction of sp³-hybridized carbons (Fsp3) is 0.257. The molecule has 0 aliphatic rings. The van der Waals surface area contributed by atoms with Crippen LogP contribution in [0.25, 0.3) is 0 Å². The molecule has 0 aromatic heterocycles. The number of amides is 2. The number of carbonyl (C=O) groups excluding carboxylic acids is 2. The predicted octanol–water partition coefficient (Wildman–Crippen LogP) is 5.50. The van der Waals surface area contributed by atoms with Crippen molar-refractivity contribution in [2.45, 2.75) is 51.6 Å². The minimum absolute atomic E-state index is 0.0856. The summed E-state index contributed by atoms with van der Waals surface area (Å²) in [5.41, 5.74) is 5.80. The van der Waals surface area contributed by atoms with E-state index < -0.39 is 28.5 Å². The lowest BCUT2D eigenvalue weighted by molar-refractivity contribution is -0.139. The molecule has 0 spiro atoms. The highest BCUT2D eigenvalue weighted by Crippen LogP contribution is 2.27. The Bertz CT molecular complexity index is 1670. The highest BCUT2D eigenvalue weighted by atomic mass is 32.2. The van der Waals surface area contributed by atoms with Gasteiger partial charge in [0.05, 0.1) is 10.6 Å². The number of rotatable bonds is 11. The molecule has 0 radical (unpaired) electrons. The van der Waals surface area contributed by atoms with E-state index in [1.165, 1.54) is 4.90 Å². The molecular formula is C35H39N3O4S. The lowest BCUT2D eigenvalue weighted by Gasteiger charge is -2.33. The van der Waals surface area contributed by atoms with Crippen molar-refractivity contribution in [2.24, 2.45) is 0 Å². The van der Waals surface area contributed by atoms with Crippen LogP contribution in [0.5, 0.6) is 0 Å². The van der Waals surface area contributed by atoms with Crippen LogP contribution in [-0.4, -0.2) is 44.8 Å². The Kier molecular flexibility index (Phi) is 10.0. The normalized spacial score (nSPS) is 11.9. The van der Waals surface area contributed by atoms with E-state index >= 15 is 0 Å². The van der Waals surface area contributed by atoms with Crippen molar-refractivity contribution in [3.8, 4) is 0 Å². The third kappa shape index (κ3) is 7.90. The molecule has 0 saturated carbocycles. The highest BCUT2D eigenvalue weighted by molar-refractivity contribution is 7.92. The zero-order valence-electron chi connectivity index (χ0n) is 25.4. The van der Waals surface area contributed by atoms with Gasteiger partial charge in [0.15, 0.2) is 0 Å². The number of sulfonamides is 1. The monoisotopic (exact) mass is 597 g/mol. The van der Waals surface area contributed by atoms with Crippen molar-refractivity contribution in [1.29, 1.82) is 0 Å². The number of hydrogen-bond donors (Lipinski definition) is 1. The van der Waals surface area contributed by atoms with Crippen LogP contribution in [0.2, 0.25) is 0 Å². The summed E-state index contributed by atoms with van der Waals surface area (Å²) in [5, 5.41) is 2.71. The molecule has 8 heteroatoms. The molecule has 7 nitrogen and oxygen atoms in total. The van der Waals surface area contributed by atoms with E-state index in [4.69, 9.17) is 0 Å². The van der Waals surface area contributed by atoms with Crippen LogP contribution in [0.15, 0.2) is 102 Å². The first-order chi connectivity index (χ1) is 20.5. The van der Waals surface area contributed by atoms with E-state index in [9.17, 15) is 18.0 Å². The molecule has 0 aliphatic heterocycles. The Balaban J connectivity index is 1.81. The number of nitrogens with one attached hydrogen (secondary N) is 1. The van der Waals surface area contributed by atoms with Gasteiger partial charge in [0.2, 0.25) is 11.8 Å². The standard InChI is InChI=1S/C35H39N3O4S/c1-25-14-16-32(17-15-25)43(41,42)38(31-20-27(3)18-28(4)21-31)24-34(39)37(23-30-13-9-10-26(2)19-30)33(35(40)36-5)22-29-11-7-6-8-12-29/h6-21,33H,22-24H2,1-5H3,(H,36,40)/t33-/m1/s1. The smallest absolute Gasteiger partial charge is 0.264 e. The van der Waals surface area contributed by atoms with Crippen LogP contribution >= 0.6 is 0 Å². The second-order valence-electron chi connectivity index (χ2n) is 11.0. The Morgan fingerprint density at radius 1 is 0.721 bits per heavy atom. The molecule has 2 amide bonds. The number of benzene rings is 4. The van der Waals surface area contributed by atoms with Crippen LogP contribution in [-0.2, 0) is 32.6 Å². The maximum absolute atomic E-state index is 14.4. The number of likely N-dealkylation sites (N-methyl/N-ethyl adjacent to an activating group) is 1. The maximum Gasteiger partial charge on any atom is 0.264 e. The van der Waals surface area contributed by atoms with Gasteiger partial charge in [0.25, 0.3) is 10.0 Å². The van der Waals surface area contributed by atoms with Crippen molar-refractivity contribution in [3.63, 3.8) is 0 Å². The molecule has 0 bridgehead atoms. The van der Waals surface area contributed by atoms with Gasteiger partial charge in [0, 0.05) is 20.0 Å². The third-order valence-corrected chi connectivity index (χ3v) is 9.12. The van der Waals surface area contributed by atoms with Gasteiger partial charge in [-0.3, -0.25) is 13.9 Å². The van der Waals surface area contributed by atoms with Gasteiger partial charge in [-0.1, -0.05) is 83.9 Å². The molecule has 0 fully saturated rings. The van der Waals surface area contributed by atoms with Gasteiger partial charge in [-0.2, -0.15) is 0 Å². The summed E-state index contributed by atoms with van der Waals surface area (Å²) in [7, 11) is -2.60. The quantitative estimate of drug-likeness (QED) is 0.247. The molecule has 43 heavy (non-hydrogen) atoms. The van der Waals surface area contributed by atoms with Crippen LogP contribution in [0.3, 0.4) is 0 Å². The SMILES string of the molecule is CNC(=O)[C@@H](Cc1ccccc1)N(Cc1cccc(C)c1)C(=O)CN(c1cc(C)cc(C)c1)S(=O)(=O)c1ccc(C)cc1. The van der Waals surface area contributed by atoms with Gasteiger partial charge < -0.3 is 10.2 Å². The number of anilines is 1. The van der Waals surface area contributed by atoms with E-state index in [-0.39, 0.29) is 23.8 Å². The van der Waals surface area contributed by atoms with Gasteiger partial charge in [-0.05, 0) is 74.2 Å². The summed E-state index contributed by atoms with van der Waals surface area (Å²) < 4.78 is 29.5. The molecule has 0 aliphatic carbocycles. The van der Waals surface area contributed by atoms with Crippen LogP contribution < -0.4 is 9.62 Å². The Morgan fingerprint density at radius 2 is 1.35 bits per heavy atom. The van der Waals surface area contributed by atoms with Crippen molar-refractivity contribution in [3.05, 3.63) is 130 Å². The third-order valence-electron chi connectivity index (χ3n) is 7.34. The highest BCUT2D eigenvalue weighted by Gasteiger charge is 2.34. The molecule has 0 saturated heterocycles. The van der Waals surface area contributed by atoms with Crippen LogP contribution in [0.4, 0.5) is 5.69 Å². The molecule has 4 aromatic carbocycles. The summed E-state index contributed by atoms with van der Waals surface area (Å²) in [5.74, 6) is -0.815. The molecule has 1 N–H and O–H groups in total. The van der Waals surface area contributed by atoms with Crippen molar-refractivity contribution in [1.82, 2.24) is 10.2 Å². The van der Waals surface area contributed by atoms with Gasteiger partial charge in [-0.15, -0.1) is 0 Å². The minimum Gasteiger partial charge on any atom is -0.357 e. The summed E-state index contributed by atoms with van der Waals surface area (Å²) in [4.78, 5) is 29.4. The molecular weight excluding hydrogens is 558 g/mol. The van der Waals surface area contributed by atoms with E-state index in [0.717, 1.165) is 37.7 Å². The van der Waals surface area contributed by atoms with E-state index in [2.05, 4.69) is 5.32 Å². The second-order valence-corrected chi connectivity index (χ2v) is 12.9. The van der Waals surface area contributed by atoms with E-state index in [0.29, 0.717) is 5.69 Å². The van der Waals surface area contributed by atoms with Crippen molar-refractivity contribution < 1.29 is 18.0 Å². The molecule has 4 rings (SSSR count). The van der Waals surface area contributed by atoms with Crippen LogP contribution in [0.1, 0.15) is 33.4 Å². The Hall–Kier alpha value is -4.43. The first-order valence-corrected chi connectivity index (χ1v) is 15.7. The van der Waals surface area contributed by atoms with Gasteiger partial charge >= 0.3 is 0 Å². The van der Waals surface area contributed by atoms with Crippen LogP contribution in [0, 0.1) is 27.7 Å². The van der Waals surface area contributed by atoms with E-state index in [1.807, 2.05) is 88.4 Å². The largest absolute Gasteiger partial charge is 0.357 e. The van der Waals surface area contributed by atoms with E-state index in [1.54, 1.807) is 43.4 Å². The summed E-state index contributed by atoms with van der Waals surface area (Å²) in [6.07, 6.45) is 0.270. The summed E-state index contributed by atoms with van der Waals surface area (Å²) in [6, 6.07) is 28.4. The predicted molar refractivity (Wildman–Crippen MR) is 171 cm³/mol. The average Bonchev–Trinajstić information content (AvgIpc) is 2.97. The zero-order valence-corrected chi connectivity index (χ0v) is 26.2. The van der Waals surface area contributed by atoms with Gasteiger partial charge in [0.1, 0.15) is 12.6 Å². The second kappa shape index (κ2) is 13.7. The number of nitrogens with zero attached hydrogens (tertiary/aromatic N) is 2. The Morgan fingerprint density at radius 3 is 1.95 bits per heavy atom. The number of aryl methyl sites for hydroxylation is 4. The molecule has 224 valence electrons. The lowest BCUT2D eigenvalue weighted by atomic mass is 10.0. The lowest BCUT2D eigenvalue weighted by Crippen LogP contribution is -2.53. The van der Waals surface area contributed by atoms with Gasteiger partial charge in [-0.25, -0.2) is 8.42 Å². The molecule has 0 unspecified atom stereocenters. The number of hydrogen-bond acceptors (Lipinski definition) is 4. The summed E-state index contributed by atoms with van der Waals surface area (Å²) in [6.45, 7) is 7.28. The van der Waals surface area contributed by atoms with Crippen molar-refractivity contribution in [2.75, 3.05) is 17.9 Å². The topological polar surface area (TPSA) is 86.8 Å².